The summed E-state index contributed by atoms with van der Waals surface area (Å²) in [6, 6.07) is 10.8. The molecule has 1 aromatic carbocycles. The number of aliphatic hydroxyl groups is 1. The molecule has 0 amide bonds. The number of nitriles is 1. The quantitative estimate of drug-likeness (QED) is 0.847. The first kappa shape index (κ1) is 14.6. The van der Waals surface area contributed by atoms with Crippen molar-refractivity contribution in [3.8, 4) is 6.07 Å². The maximum absolute atomic E-state index is 11.6. The molecule has 1 fully saturated rings. The van der Waals surface area contributed by atoms with Gasteiger partial charge in [0.1, 0.15) is 5.41 Å². The van der Waals surface area contributed by atoms with Crippen LogP contribution in [-0.4, -0.2) is 10.7 Å². The standard InChI is InChI=1S/C19H25NO/c1-14-9-11-19(21,15(2)12-14)18(13-20)10-5-7-16-6-3-4-8-17(16)18/h3-4,6,8,14-15,21H,5,7,9-12H2,1-2H3. The number of hydrogen-bond acceptors (Lipinski definition) is 2. The summed E-state index contributed by atoms with van der Waals surface area (Å²) < 4.78 is 0. The Morgan fingerprint density at radius 2 is 2.00 bits per heavy atom. The number of aryl methyl sites for hydroxylation is 1. The van der Waals surface area contributed by atoms with Crippen molar-refractivity contribution >= 4 is 0 Å². The van der Waals surface area contributed by atoms with E-state index in [2.05, 4.69) is 32.0 Å². The van der Waals surface area contributed by atoms with Crippen molar-refractivity contribution in [2.45, 2.75) is 63.4 Å². The Bertz CT molecular complexity index is 575. The minimum Gasteiger partial charge on any atom is -0.388 e. The van der Waals surface area contributed by atoms with Crippen molar-refractivity contribution in [2.75, 3.05) is 0 Å². The zero-order valence-electron chi connectivity index (χ0n) is 13.1. The molecule has 112 valence electrons. The molecule has 0 heterocycles. The Hall–Kier alpha value is -1.33. The van der Waals surface area contributed by atoms with Crippen molar-refractivity contribution in [3.05, 3.63) is 35.4 Å². The maximum atomic E-state index is 11.6. The third-order valence-electron chi connectivity index (χ3n) is 5.99. The maximum Gasteiger partial charge on any atom is 0.111 e. The van der Waals surface area contributed by atoms with Crippen LogP contribution in [0.25, 0.3) is 0 Å². The van der Waals surface area contributed by atoms with E-state index in [9.17, 15) is 10.4 Å². The van der Waals surface area contributed by atoms with Crippen LogP contribution in [-0.2, 0) is 11.8 Å². The average Bonchev–Trinajstić information content (AvgIpc) is 2.50. The lowest BCUT2D eigenvalue weighted by atomic mass is 9.53. The zero-order chi connectivity index (χ0) is 15.1. The van der Waals surface area contributed by atoms with E-state index in [-0.39, 0.29) is 5.92 Å². The van der Waals surface area contributed by atoms with Gasteiger partial charge in [-0.05, 0) is 61.5 Å². The molecule has 2 aliphatic carbocycles. The van der Waals surface area contributed by atoms with E-state index in [0.29, 0.717) is 5.92 Å². The molecular formula is C19H25NO. The minimum atomic E-state index is -0.884. The second-order valence-electron chi connectivity index (χ2n) is 7.23. The van der Waals surface area contributed by atoms with E-state index < -0.39 is 11.0 Å². The van der Waals surface area contributed by atoms with Crippen molar-refractivity contribution in [1.29, 1.82) is 5.26 Å². The summed E-state index contributed by atoms with van der Waals surface area (Å²) in [4.78, 5) is 0. The molecule has 1 saturated carbocycles. The van der Waals surface area contributed by atoms with Gasteiger partial charge in [-0.15, -0.1) is 0 Å². The van der Waals surface area contributed by atoms with Crippen LogP contribution in [0.1, 0.15) is 57.1 Å². The molecule has 2 nitrogen and oxygen atoms in total. The van der Waals surface area contributed by atoms with Gasteiger partial charge < -0.3 is 5.11 Å². The molecule has 0 aromatic heterocycles. The van der Waals surface area contributed by atoms with E-state index in [0.717, 1.165) is 44.1 Å². The summed E-state index contributed by atoms with van der Waals surface area (Å²) >= 11 is 0. The monoisotopic (exact) mass is 283 g/mol. The van der Waals surface area contributed by atoms with E-state index >= 15 is 0 Å². The molecule has 4 atom stereocenters. The molecular weight excluding hydrogens is 258 g/mol. The normalized spacial score (nSPS) is 39.3. The molecule has 2 aliphatic rings. The SMILES string of the molecule is CC1CCC(O)(C2(C#N)CCCc3ccccc32)C(C)C1. The van der Waals surface area contributed by atoms with Gasteiger partial charge in [0.2, 0.25) is 0 Å². The second-order valence-corrected chi connectivity index (χ2v) is 7.23. The van der Waals surface area contributed by atoms with Crippen LogP contribution in [0.5, 0.6) is 0 Å². The van der Waals surface area contributed by atoms with Crippen molar-refractivity contribution in [3.63, 3.8) is 0 Å². The van der Waals surface area contributed by atoms with Crippen LogP contribution < -0.4 is 0 Å². The van der Waals surface area contributed by atoms with Crippen molar-refractivity contribution in [2.24, 2.45) is 11.8 Å². The third-order valence-corrected chi connectivity index (χ3v) is 5.99. The van der Waals surface area contributed by atoms with Crippen molar-refractivity contribution < 1.29 is 5.11 Å². The van der Waals surface area contributed by atoms with Gasteiger partial charge in [0.15, 0.2) is 0 Å². The smallest absolute Gasteiger partial charge is 0.111 e. The molecule has 0 bridgehead atoms. The average molecular weight is 283 g/mol. The lowest BCUT2D eigenvalue weighted by molar-refractivity contribution is -0.102. The highest BCUT2D eigenvalue weighted by Gasteiger charge is 2.57. The first-order chi connectivity index (χ1) is 10.0. The number of nitrogens with zero attached hydrogens (tertiary/aromatic N) is 1. The van der Waals surface area contributed by atoms with Gasteiger partial charge in [0.25, 0.3) is 0 Å². The molecule has 0 saturated heterocycles. The Kier molecular flexibility index (Phi) is 3.58. The second kappa shape index (κ2) is 5.14. The van der Waals surface area contributed by atoms with Crippen LogP contribution >= 0.6 is 0 Å². The Labute approximate surface area is 127 Å². The summed E-state index contributed by atoms with van der Waals surface area (Å²) in [5, 5.41) is 21.6. The summed E-state index contributed by atoms with van der Waals surface area (Å²) in [6.07, 6.45) is 5.59. The van der Waals surface area contributed by atoms with Gasteiger partial charge in [-0.1, -0.05) is 38.1 Å². The minimum absolute atomic E-state index is 0.173. The zero-order valence-corrected chi connectivity index (χ0v) is 13.1. The van der Waals surface area contributed by atoms with Gasteiger partial charge >= 0.3 is 0 Å². The first-order valence-electron chi connectivity index (χ1n) is 8.25. The molecule has 21 heavy (non-hydrogen) atoms. The third kappa shape index (κ3) is 2.02. The highest BCUT2D eigenvalue weighted by Crippen LogP contribution is 2.53. The molecule has 3 rings (SSSR count). The lowest BCUT2D eigenvalue weighted by Crippen LogP contribution is -2.58. The molecule has 0 spiro atoms. The van der Waals surface area contributed by atoms with Crippen LogP contribution in [0.15, 0.2) is 24.3 Å². The largest absolute Gasteiger partial charge is 0.388 e. The Balaban J connectivity index is 2.12. The van der Waals surface area contributed by atoms with Gasteiger partial charge in [-0.3, -0.25) is 0 Å². The van der Waals surface area contributed by atoms with Crippen LogP contribution in [0.2, 0.25) is 0 Å². The van der Waals surface area contributed by atoms with Gasteiger partial charge in [-0.25, -0.2) is 0 Å². The fourth-order valence-electron chi connectivity index (χ4n) is 4.76. The van der Waals surface area contributed by atoms with E-state index in [1.54, 1.807) is 0 Å². The van der Waals surface area contributed by atoms with E-state index in [1.165, 1.54) is 5.56 Å². The number of rotatable bonds is 1. The number of hydrogen-bond donors (Lipinski definition) is 1. The molecule has 0 aliphatic heterocycles. The summed E-state index contributed by atoms with van der Waals surface area (Å²) in [6.45, 7) is 4.38. The molecule has 4 unspecified atom stereocenters. The van der Waals surface area contributed by atoms with Gasteiger partial charge in [-0.2, -0.15) is 5.26 Å². The Morgan fingerprint density at radius 3 is 2.71 bits per heavy atom. The topological polar surface area (TPSA) is 44.0 Å². The van der Waals surface area contributed by atoms with E-state index in [1.807, 2.05) is 12.1 Å². The van der Waals surface area contributed by atoms with Crippen LogP contribution in [0.3, 0.4) is 0 Å². The fraction of sp³-hybridized carbons (Fsp3) is 0.632. The van der Waals surface area contributed by atoms with Gasteiger partial charge in [0.05, 0.1) is 11.7 Å². The predicted molar refractivity (Wildman–Crippen MR) is 83.8 cm³/mol. The summed E-state index contributed by atoms with van der Waals surface area (Å²) in [7, 11) is 0. The number of fused-ring (bicyclic) bond motifs is 1. The first-order valence-corrected chi connectivity index (χ1v) is 8.25. The molecule has 2 heteroatoms. The molecule has 1 N–H and O–H groups in total. The molecule has 0 radical (unpaired) electrons. The van der Waals surface area contributed by atoms with Crippen LogP contribution in [0, 0.1) is 23.2 Å². The fourth-order valence-corrected chi connectivity index (χ4v) is 4.76. The van der Waals surface area contributed by atoms with Crippen LogP contribution in [0.4, 0.5) is 0 Å². The molecule has 1 aromatic rings. The summed E-state index contributed by atoms with van der Waals surface area (Å²) in [5.74, 6) is 0.821. The predicted octanol–water partition coefficient (Wildman–Crippen LogP) is 3.97. The lowest BCUT2D eigenvalue weighted by Gasteiger charge is -2.52. The Morgan fingerprint density at radius 1 is 1.24 bits per heavy atom. The van der Waals surface area contributed by atoms with Gasteiger partial charge in [0, 0.05) is 0 Å². The van der Waals surface area contributed by atoms with Crippen molar-refractivity contribution in [1.82, 2.24) is 0 Å². The highest BCUT2D eigenvalue weighted by molar-refractivity contribution is 5.45. The van der Waals surface area contributed by atoms with E-state index in [4.69, 9.17) is 0 Å². The summed E-state index contributed by atoms with van der Waals surface area (Å²) in [5.41, 5.74) is 0.735. The number of benzene rings is 1. The highest BCUT2D eigenvalue weighted by atomic mass is 16.3.